The van der Waals surface area contributed by atoms with Gasteiger partial charge in [0.15, 0.2) is 0 Å². The van der Waals surface area contributed by atoms with Crippen LogP contribution in [0.3, 0.4) is 0 Å². The van der Waals surface area contributed by atoms with Crippen LogP contribution in [0.25, 0.3) is 92.6 Å². The molecule has 1 radical (unpaired) electrons. The van der Waals surface area contributed by atoms with Crippen molar-refractivity contribution in [3.63, 3.8) is 0 Å². The summed E-state index contributed by atoms with van der Waals surface area (Å²) in [6.45, 7) is 10.7. The Bertz CT molecular complexity index is 3880. The Balaban J connectivity index is 0.000000192. The van der Waals surface area contributed by atoms with Crippen LogP contribution in [0.1, 0.15) is 77.1 Å². The minimum Gasteiger partial charge on any atom is 0 e. The van der Waals surface area contributed by atoms with Crippen molar-refractivity contribution < 1.29 is 25.9 Å². The fourth-order valence-electron chi connectivity index (χ4n) is 10.4. The normalized spacial score (nSPS) is 13.1. The molecule has 4 heterocycles. The Morgan fingerprint density at radius 3 is 2.16 bits per heavy atom. The Morgan fingerprint density at radius 2 is 1.44 bits per heavy atom. The first kappa shape index (κ1) is 49.1. The van der Waals surface area contributed by atoms with E-state index in [9.17, 15) is 4.39 Å². The third kappa shape index (κ3) is 9.66. The van der Waals surface area contributed by atoms with Gasteiger partial charge in [-0.2, -0.15) is 11.3 Å². The molecule has 0 amide bonds. The number of nitrogens with zero attached hydrogens (tertiary/aromatic N) is 4. The molecule has 1 aliphatic carbocycles. The SMILES string of the molecule is CC(C)(C)c1ccc(-n2c(-c3[c-]ccc4c3sc3c5c(ncc34)CCCC5)nc3c4ccccc4ccc32)c(-c2ccccc2)c1.[2H]C(C)(C)c1cc(-c2[c-]cc(F)c(-c3ccccc3)c2)nc[c]1[Ge]([CH3])([CH3])[CH3].[Ir]. The number of hydrogen-bond acceptors (Lipinski definition) is 4. The molecule has 0 spiro atoms. The number of hydrogen-bond donors (Lipinski definition) is 0. The van der Waals surface area contributed by atoms with E-state index >= 15 is 0 Å². The second-order valence-corrected chi connectivity index (χ2v) is 33.0. The first-order valence-electron chi connectivity index (χ1n) is 25.7. The molecule has 0 bridgehead atoms. The van der Waals surface area contributed by atoms with Crippen LogP contribution in [0, 0.1) is 17.9 Å². The average molecular weight is 1210 g/mol. The molecule has 367 valence electrons. The monoisotopic (exact) mass is 1210 g/mol. The van der Waals surface area contributed by atoms with E-state index in [-0.39, 0.29) is 31.3 Å². The van der Waals surface area contributed by atoms with Crippen molar-refractivity contribution in [3.8, 4) is 50.6 Å². The quantitative estimate of drug-likeness (QED) is 0.118. The molecule has 73 heavy (non-hydrogen) atoms. The number of imidazole rings is 1. The van der Waals surface area contributed by atoms with Crippen molar-refractivity contribution >= 4 is 71.0 Å². The summed E-state index contributed by atoms with van der Waals surface area (Å²) in [5, 5.41) is 4.85. The molecule has 8 heteroatoms. The second kappa shape index (κ2) is 20.3. The maximum absolute atomic E-state index is 14.4. The molecule has 0 fully saturated rings. The van der Waals surface area contributed by atoms with Gasteiger partial charge < -0.3 is 4.57 Å². The largest absolute Gasteiger partial charge is 0 e. The molecule has 0 unspecified atom stereocenters. The summed E-state index contributed by atoms with van der Waals surface area (Å²) in [4.78, 5) is 15.1. The Kier molecular flexibility index (Phi) is 13.7. The fraction of sp³-hybridized carbons (Fsp3) is 0.215. The van der Waals surface area contributed by atoms with E-state index in [0.29, 0.717) is 5.56 Å². The molecule has 0 N–H and O–H groups in total. The molecule has 4 aromatic heterocycles. The fourth-order valence-corrected chi connectivity index (χ4v) is 15.0. The van der Waals surface area contributed by atoms with Gasteiger partial charge in [-0.25, -0.2) is 0 Å². The molecule has 0 aliphatic heterocycles. The van der Waals surface area contributed by atoms with Gasteiger partial charge in [-0.05, 0) is 81.5 Å². The third-order valence-corrected chi connectivity index (χ3v) is 19.7. The maximum atomic E-state index is 14.4. The maximum Gasteiger partial charge on any atom is 0 e. The molecule has 0 atom stereocenters. The summed E-state index contributed by atoms with van der Waals surface area (Å²) in [7, 11) is 0. The standard InChI is InChI=1S/C42H34N3S.C23H25FGeN.Ir/c1-42(2,3)28-21-23-36(33(24-28)26-12-5-4-6-13-26)45-37-22-20-27-14-7-8-15-29(27)38(37)44-41(45)32-18-11-17-30-34-25-43-35-19-10-9-16-31(35)40(34)46-39(30)32;1-16(2)19-14-23(26-15-22(19)25(3,4)5)18-11-12-21(24)20(13-18)17-9-7-6-8-10-17;/h4-8,11-15,17,20-25H,9-10,16,19H2,1-3H3;6-10,12-16H,1-5H3;/q2*-1;/i;16D;. The van der Waals surface area contributed by atoms with E-state index in [2.05, 4.69) is 163 Å². The third-order valence-electron chi connectivity index (χ3n) is 14.2. The van der Waals surface area contributed by atoms with Crippen molar-refractivity contribution in [1.29, 1.82) is 0 Å². The van der Waals surface area contributed by atoms with Crippen molar-refractivity contribution in [2.45, 2.75) is 88.9 Å². The van der Waals surface area contributed by atoms with Crippen molar-refractivity contribution in [2.24, 2.45) is 0 Å². The van der Waals surface area contributed by atoms with Gasteiger partial charge in [0.05, 0.1) is 16.9 Å². The Hall–Kier alpha value is -6.09. The number of aromatic nitrogens is 4. The molecule has 1 aliphatic rings. The Labute approximate surface area is 450 Å². The van der Waals surface area contributed by atoms with Crippen LogP contribution in [-0.4, -0.2) is 32.8 Å². The zero-order chi connectivity index (χ0) is 50.8. The van der Waals surface area contributed by atoms with Gasteiger partial charge in [0.2, 0.25) is 0 Å². The molecule has 12 rings (SSSR count). The van der Waals surface area contributed by atoms with Gasteiger partial charge in [0.1, 0.15) is 0 Å². The predicted molar refractivity (Wildman–Crippen MR) is 305 cm³/mol. The number of halogens is 1. The number of rotatable bonds is 7. The molecule has 0 saturated heterocycles. The topological polar surface area (TPSA) is 43.6 Å². The number of benzene rings is 7. The van der Waals surface area contributed by atoms with Crippen LogP contribution >= 0.6 is 11.3 Å². The van der Waals surface area contributed by atoms with Crippen molar-refractivity contribution in [1.82, 2.24) is 19.5 Å². The molecular formula is C65H59FGeIrN4S-2. The summed E-state index contributed by atoms with van der Waals surface area (Å²) >= 11 is -0.274. The van der Waals surface area contributed by atoms with Gasteiger partial charge >= 0.3 is 160 Å². The Morgan fingerprint density at radius 1 is 0.726 bits per heavy atom. The van der Waals surface area contributed by atoms with Gasteiger partial charge in [-0.3, -0.25) is 9.97 Å². The van der Waals surface area contributed by atoms with Crippen LogP contribution in [-0.2, 0) is 38.4 Å². The number of aryl methyl sites for hydroxylation is 2. The van der Waals surface area contributed by atoms with Crippen LogP contribution in [0.15, 0.2) is 158 Å². The molecule has 7 aromatic carbocycles. The van der Waals surface area contributed by atoms with Crippen molar-refractivity contribution in [3.05, 3.63) is 198 Å². The van der Waals surface area contributed by atoms with E-state index in [0.717, 1.165) is 68.7 Å². The van der Waals surface area contributed by atoms with Crippen molar-refractivity contribution in [2.75, 3.05) is 0 Å². The molecule has 0 saturated carbocycles. The predicted octanol–water partition coefficient (Wildman–Crippen LogP) is 17.3. The van der Waals surface area contributed by atoms with E-state index < -0.39 is 19.2 Å². The molecular weight excluding hydrogens is 1150 g/mol. The van der Waals surface area contributed by atoms with E-state index in [4.69, 9.17) is 11.3 Å². The summed E-state index contributed by atoms with van der Waals surface area (Å²) in [5.41, 5.74) is 14.6. The second-order valence-electron chi connectivity index (χ2n) is 21.4. The van der Waals surface area contributed by atoms with Crippen LogP contribution < -0.4 is 4.40 Å². The average Bonchev–Trinajstić information content (AvgIpc) is 3.99. The van der Waals surface area contributed by atoms with Crippen LogP contribution in [0.4, 0.5) is 4.39 Å². The van der Waals surface area contributed by atoms with E-state index in [1.165, 1.54) is 76.8 Å². The minimum absolute atomic E-state index is 0. The smallest absolute Gasteiger partial charge is 0 e. The van der Waals surface area contributed by atoms with Gasteiger partial charge in [0, 0.05) is 53.3 Å². The van der Waals surface area contributed by atoms with E-state index in [1.54, 1.807) is 6.07 Å². The first-order valence-corrected chi connectivity index (χ1v) is 33.3. The zero-order valence-electron chi connectivity index (χ0n) is 43.7. The minimum atomic E-state index is -2.17. The van der Waals surface area contributed by atoms with Gasteiger partial charge in [-0.1, -0.05) is 98.5 Å². The summed E-state index contributed by atoms with van der Waals surface area (Å²) < 4.78 is 29.2. The summed E-state index contributed by atoms with van der Waals surface area (Å²) in [6.07, 6.45) is 8.68. The first-order chi connectivity index (χ1) is 35.0. The summed E-state index contributed by atoms with van der Waals surface area (Å²) in [5.74, 6) is 6.84. The van der Waals surface area contributed by atoms with E-state index in [1.807, 2.05) is 67.8 Å². The number of thiophene rings is 1. The zero-order valence-corrected chi connectivity index (χ0v) is 48.1. The molecule has 11 aromatic rings. The number of fused-ring (bicyclic) bond motifs is 8. The van der Waals surface area contributed by atoms with Gasteiger partial charge in [0.25, 0.3) is 0 Å². The molecule has 4 nitrogen and oxygen atoms in total. The van der Waals surface area contributed by atoms with Crippen LogP contribution in [0.5, 0.6) is 0 Å². The number of pyridine rings is 2. The summed E-state index contributed by atoms with van der Waals surface area (Å²) in [6, 6.07) is 56.5. The van der Waals surface area contributed by atoms with Gasteiger partial charge in [-0.15, -0.1) is 18.2 Å². The van der Waals surface area contributed by atoms with Crippen LogP contribution in [0.2, 0.25) is 17.3 Å².